The van der Waals surface area contributed by atoms with E-state index in [1.165, 1.54) is 0 Å². The van der Waals surface area contributed by atoms with Gasteiger partial charge in [0, 0.05) is 38.5 Å². The van der Waals surface area contributed by atoms with Crippen LogP contribution < -0.4 is 0 Å². The highest BCUT2D eigenvalue weighted by Crippen LogP contribution is 2.15. The fraction of sp³-hybridized carbons (Fsp3) is 0.571. The highest BCUT2D eigenvalue weighted by molar-refractivity contribution is 7.04. The third kappa shape index (κ3) is 16.2. The molecule has 10 nitrogen and oxygen atoms in total. The second-order valence-electron chi connectivity index (χ2n) is 7.27. The van der Waals surface area contributed by atoms with E-state index in [1.807, 2.05) is 6.55 Å². The topological polar surface area (TPSA) is 149 Å². The third-order valence-electron chi connectivity index (χ3n) is 4.31. The van der Waals surface area contributed by atoms with E-state index in [9.17, 15) is 14.4 Å². The molecule has 0 saturated heterocycles. The molecule has 0 heterocycles. The average molecular weight is 509 g/mol. The van der Waals surface area contributed by atoms with E-state index >= 15 is 0 Å². The lowest BCUT2D eigenvalue weighted by molar-refractivity contribution is -0.139. The molecule has 0 aliphatic rings. The normalized spacial score (nSPS) is 12.4. The summed E-state index contributed by atoms with van der Waals surface area (Å²) in [5.41, 5.74) is 2.32. The Kier molecular flexibility index (Phi) is 20.8. The summed E-state index contributed by atoms with van der Waals surface area (Å²) in [6.45, 7) is 12.6. The van der Waals surface area contributed by atoms with Crippen LogP contribution in [0.5, 0.6) is 0 Å². The Hall–Kier alpha value is -2.10. The standard InChI is InChI=1S/C11H18O4Si.C10H20O5Si.H2O/c1-10(2)11(14)15-6-4-7-16(3,9-13)8-5-12;1-9(2)10(11)15-7-6-8-16(12-3,13-4)14-5;/h5,8-9,12H,1,4,6-7H2,2-3H3;1,6-8H2,2-5H3;1H2/b8-5-;;. The largest absolute Gasteiger partial charge is 0.516 e. The van der Waals surface area contributed by atoms with Crippen LogP contribution in [0.1, 0.15) is 26.7 Å². The summed E-state index contributed by atoms with van der Waals surface area (Å²) in [5.74, 6) is 0.118. The molecule has 0 amide bonds. The molecule has 0 aromatic rings. The Labute approximate surface area is 198 Å². The van der Waals surface area contributed by atoms with Crippen LogP contribution >= 0.6 is 0 Å². The first-order valence-electron chi connectivity index (χ1n) is 10.0. The van der Waals surface area contributed by atoms with Crippen LogP contribution in [0.15, 0.2) is 36.3 Å². The summed E-state index contributed by atoms with van der Waals surface area (Å²) in [7, 11) is -0.0137. The average Bonchev–Trinajstić information content (AvgIpc) is 2.77. The summed E-state index contributed by atoms with van der Waals surface area (Å²) < 4.78 is 25.5. The molecule has 1 unspecified atom stereocenters. The van der Waals surface area contributed by atoms with Gasteiger partial charge in [0.25, 0.3) is 0 Å². The van der Waals surface area contributed by atoms with Crippen molar-refractivity contribution in [3.05, 3.63) is 36.3 Å². The van der Waals surface area contributed by atoms with Crippen LogP contribution in [0.2, 0.25) is 18.6 Å². The van der Waals surface area contributed by atoms with Crippen LogP contribution in [-0.2, 0) is 37.1 Å². The Bertz CT molecular complexity index is 639. The zero-order valence-corrected chi connectivity index (χ0v) is 22.6. The third-order valence-corrected chi connectivity index (χ3v) is 10.0. The molecule has 0 rings (SSSR count). The lowest BCUT2D eigenvalue weighted by Crippen LogP contribution is -2.42. The minimum absolute atomic E-state index is 0. The van der Waals surface area contributed by atoms with Crippen LogP contribution in [0.3, 0.4) is 0 Å². The fourth-order valence-corrected chi connectivity index (χ4v) is 5.53. The van der Waals surface area contributed by atoms with Gasteiger partial charge in [-0.15, -0.1) is 0 Å². The highest BCUT2D eigenvalue weighted by Gasteiger charge is 2.37. The maximum atomic E-state index is 11.1. The maximum Gasteiger partial charge on any atom is 0.500 e. The molecular formula is C21H40O10Si2. The van der Waals surface area contributed by atoms with Gasteiger partial charge < -0.3 is 38.1 Å². The monoisotopic (exact) mass is 508 g/mol. The second kappa shape index (κ2) is 19.4. The molecule has 1 atom stereocenters. The zero-order chi connectivity index (χ0) is 25.2. The fourth-order valence-electron chi connectivity index (χ4n) is 2.23. The molecule has 0 fully saturated rings. The van der Waals surface area contributed by atoms with E-state index in [0.29, 0.717) is 42.7 Å². The molecule has 0 aromatic carbocycles. The molecule has 3 N–H and O–H groups in total. The van der Waals surface area contributed by atoms with E-state index in [4.69, 9.17) is 27.9 Å². The van der Waals surface area contributed by atoms with Crippen LogP contribution in [0.25, 0.3) is 0 Å². The molecule has 0 saturated carbocycles. The van der Waals surface area contributed by atoms with Gasteiger partial charge in [0.2, 0.25) is 0 Å². The predicted molar refractivity (Wildman–Crippen MR) is 131 cm³/mol. The van der Waals surface area contributed by atoms with E-state index in [0.717, 1.165) is 12.2 Å². The molecule has 0 aliphatic heterocycles. The quantitative estimate of drug-likeness (QED) is 0.0879. The number of rotatable bonds is 15. The van der Waals surface area contributed by atoms with Gasteiger partial charge in [0.1, 0.15) is 5.91 Å². The SMILES string of the molecule is C=C(C)C(=O)OCCC[Si](C)(C=O)/C=C\O.C=C(C)C(=O)OCCC[Si](OC)(OC)OC.O. The van der Waals surface area contributed by atoms with Gasteiger partial charge in [-0.3, -0.25) is 0 Å². The van der Waals surface area contributed by atoms with Gasteiger partial charge in [-0.25, -0.2) is 9.59 Å². The summed E-state index contributed by atoms with van der Waals surface area (Å²) in [6, 6.07) is 1.26. The number of hydrogen-bond donors (Lipinski definition) is 1. The van der Waals surface area contributed by atoms with E-state index in [1.54, 1.807) is 40.9 Å². The minimum Gasteiger partial charge on any atom is -0.516 e. The van der Waals surface area contributed by atoms with Crippen molar-refractivity contribution in [1.82, 2.24) is 0 Å². The van der Waals surface area contributed by atoms with Gasteiger partial charge in [-0.05, 0) is 32.7 Å². The predicted octanol–water partition coefficient (Wildman–Crippen LogP) is 2.51. The number of carbonyl (C=O) groups excluding carboxylic acids is 3. The highest BCUT2D eigenvalue weighted by atomic mass is 28.4. The number of hydrogen-bond acceptors (Lipinski definition) is 9. The molecule has 192 valence electrons. The van der Waals surface area contributed by atoms with Crippen LogP contribution in [0, 0.1) is 0 Å². The number of carbonyl (C=O) groups is 3. The van der Waals surface area contributed by atoms with Gasteiger partial charge >= 0.3 is 20.7 Å². The van der Waals surface area contributed by atoms with Crippen molar-refractivity contribution in [1.29, 1.82) is 0 Å². The Morgan fingerprint density at radius 1 is 0.879 bits per heavy atom. The smallest absolute Gasteiger partial charge is 0.500 e. The van der Waals surface area contributed by atoms with Gasteiger partial charge in [0.15, 0.2) is 8.07 Å². The van der Waals surface area contributed by atoms with Crippen molar-refractivity contribution in [2.45, 2.75) is 45.3 Å². The molecule has 0 aliphatic carbocycles. The summed E-state index contributed by atoms with van der Waals surface area (Å²) >= 11 is 0. The lowest BCUT2D eigenvalue weighted by Gasteiger charge is -2.24. The summed E-state index contributed by atoms with van der Waals surface area (Å²) in [4.78, 5) is 32.9. The van der Waals surface area contributed by atoms with Gasteiger partial charge in [-0.1, -0.05) is 25.4 Å². The first-order chi connectivity index (χ1) is 15.0. The Balaban J connectivity index is -0.000000529. The summed E-state index contributed by atoms with van der Waals surface area (Å²) in [6.07, 6.45) is 2.17. The number of ether oxygens (including phenoxy) is 2. The lowest BCUT2D eigenvalue weighted by atomic mass is 10.4. The van der Waals surface area contributed by atoms with Crippen molar-refractivity contribution in [2.75, 3.05) is 34.5 Å². The second-order valence-corrected chi connectivity index (χ2v) is 14.4. The molecule has 0 radical (unpaired) electrons. The summed E-state index contributed by atoms with van der Waals surface area (Å²) in [5, 5.41) is 8.65. The van der Waals surface area contributed by atoms with Gasteiger partial charge in [0.05, 0.1) is 19.5 Å². The first kappa shape index (κ1) is 35.5. The Morgan fingerprint density at radius 3 is 1.58 bits per heavy atom. The van der Waals surface area contributed by atoms with Crippen LogP contribution in [0.4, 0.5) is 0 Å². The molecule has 0 aromatic heterocycles. The van der Waals surface area contributed by atoms with Crippen LogP contribution in [-0.4, -0.2) is 79.9 Å². The maximum absolute atomic E-state index is 11.1. The molecule has 0 spiro atoms. The number of aliphatic hydroxyl groups excluding tert-OH is 1. The van der Waals surface area contributed by atoms with E-state index in [-0.39, 0.29) is 18.1 Å². The Morgan fingerprint density at radius 2 is 1.27 bits per heavy atom. The van der Waals surface area contributed by atoms with Crippen molar-refractivity contribution in [3.63, 3.8) is 0 Å². The van der Waals surface area contributed by atoms with Crippen molar-refractivity contribution >= 4 is 34.7 Å². The van der Waals surface area contributed by atoms with E-state index < -0.39 is 22.8 Å². The number of aliphatic hydroxyl groups is 1. The van der Waals surface area contributed by atoms with Gasteiger partial charge in [-0.2, -0.15) is 0 Å². The number of esters is 2. The zero-order valence-electron chi connectivity index (χ0n) is 20.6. The minimum atomic E-state index is -2.53. The van der Waals surface area contributed by atoms with E-state index in [2.05, 4.69) is 13.2 Å². The van der Waals surface area contributed by atoms with Crippen molar-refractivity contribution in [2.24, 2.45) is 0 Å². The molecule has 12 heteroatoms. The molecule has 0 bridgehead atoms. The van der Waals surface area contributed by atoms with Crippen molar-refractivity contribution in [3.8, 4) is 0 Å². The molecule has 33 heavy (non-hydrogen) atoms. The van der Waals surface area contributed by atoms with Crippen molar-refractivity contribution < 1.29 is 47.7 Å². The first-order valence-corrected chi connectivity index (χ1v) is 14.8. The molecular weight excluding hydrogens is 468 g/mol.